The Morgan fingerprint density at radius 2 is 1.69 bits per heavy atom. The molecule has 1 aliphatic heterocycles. The van der Waals surface area contributed by atoms with E-state index in [-0.39, 0.29) is 29.8 Å². The van der Waals surface area contributed by atoms with Gasteiger partial charge in [0.25, 0.3) is 0 Å². The third kappa shape index (κ3) is 4.05. The molecule has 178 valence electrons. The predicted molar refractivity (Wildman–Crippen MR) is 125 cm³/mol. The molecule has 6 nitrogen and oxygen atoms in total. The molecular formula is C27H23F2N3O3. The number of hydrogen-bond donors (Lipinski definition) is 2. The van der Waals surface area contributed by atoms with Crippen molar-refractivity contribution in [1.29, 1.82) is 0 Å². The van der Waals surface area contributed by atoms with E-state index < -0.39 is 11.9 Å². The number of hydrogen-bond acceptors (Lipinski definition) is 5. The molecule has 1 aliphatic carbocycles. The van der Waals surface area contributed by atoms with Gasteiger partial charge in [-0.3, -0.25) is 9.89 Å². The van der Waals surface area contributed by atoms with E-state index in [1.165, 1.54) is 31.4 Å². The number of ketones is 1. The quantitative estimate of drug-likeness (QED) is 0.525. The molecule has 3 aromatic rings. The Morgan fingerprint density at radius 3 is 2.34 bits per heavy atom. The molecule has 2 heterocycles. The fraction of sp³-hybridized carbons (Fsp3) is 0.222. The highest BCUT2D eigenvalue weighted by Gasteiger charge is 2.42. The maximum atomic E-state index is 13.6. The molecule has 0 saturated heterocycles. The van der Waals surface area contributed by atoms with Gasteiger partial charge in [0.2, 0.25) is 0 Å². The van der Waals surface area contributed by atoms with Gasteiger partial charge in [-0.1, -0.05) is 12.1 Å². The van der Waals surface area contributed by atoms with Gasteiger partial charge in [0.05, 0.1) is 30.5 Å². The number of ether oxygens (including phenoxy) is 1. The summed E-state index contributed by atoms with van der Waals surface area (Å²) in [5, 5.41) is 10.4. The van der Waals surface area contributed by atoms with Crippen molar-refractivity contribution in [3.63, 3.8) is 0 Å². The number of rotatable bonds is 4. The zero-order valence-corrected chi connectivity index (χ0v) is 19.2. The van der Waals surface area contributed by atoms with Crippen LogP contribution in [0.5, 0.6) is 0 Å². The number of aromatic nitrogens is 2. The van der Waals surface area contributed by atoms with E-state index in [9.17, 15) is 18.4 Å². The van der Waals surface area contributed by atoms with Crippen molar-refractivity contribution in [2.45, 2.75) is 31.6 Å². The van der Waals surface area contributed by atoms with E-state index in [1.807, 2.05) is 0 Å². The van der Waals surface area contributed by atoms with Crippen LogP contribution < -0.4 is 5.32 Å². The monoisotopic (exact) mass is 475 g/mol. The lowest BCUT2D eigenvalue weighted by molar-refractivity contribution is -0.136. The van der Waals surface area contributed by atoms with Crippen molar-refractivity contribution in [1.82, 2.24) is 15.5 Å². The standard InChI is InChI=1S/C27H23F2N3O3/c1-14-23(27(34)35-2)24(20-13-30-32-26(20)16-5-9-19(29)10-6-16)25-21(31-14)11-17(12-22(25)33)15-3-7-18(28)8-4-15/h3-10,13,17,24,31H,11-12H2,1-2H3,(H,30,32)/t17-,24-/m1/s1. The number of nitrogens with one attached hydrogen (secondary N) is 2. The van der Waals surface area contributed by atoms with E-state index in [0.29, 0.717) is 40.1 Å². The lowest BCUT2D eigenvalue weighted by Gasteiger charge is -2.36. The van der Waals surface area contributed by atoms with Crippen LogP contribution in [0.3, 0.4) is 0 Å². The van der Waals surface area contributed by atoms with Gasteiger partial charge in [0.1, 0.15) is 11.6 Å². The number of allylic oxidation sites excluding steroid dienone is 3. The number of carbonyl (C=O) groups is 2. The highest BCUT2D eigenvalue weighted by molar-refractivity contribution is 6.04. The molecule has 35 heavy (non-hydrogen) atoms. The third-order valence-corrected chi connectivity index (χ3v) is 6.69. The van der Waals surface area contributed by atoms with Gasteiger partial charge in [-0.25, -0.2) is 13.6 Å². The van der Waals surface area contributed by atoms with Crippen LogP contribution in [0.1, 0.15) is 42.7 Å². The fourth-order valence-electron chi connectivity index (χ4n) is 5.06. The Bertz CT molecular complexity index is 1370. The molecule has 0 saturated carbocycles. The number of esters is 1. The second kappa shape index (κ2) is 8.94. The minimum absolute atomic E-state index is 0.113. The highest BCUT2D eigenvalue weighted by Crippen LogP contribution is 2.47. The lowest BCUT2D eigenvalue weighted by Crippen LogP contribution is -2.36. The van der Waals surface area contributed by atoms with Gasteiger partial charge in [-0.15, -0.1) is 0 Å². The number of carbonyl (C=O) groups excluding carboxylic acids is 2. The molecule has 0 spiro atoms. The van der Waals surface area contributed by atoms with Crippen LogP contribution in [-0.2, 0) is 14.3 Å². The summed E-state index contributed by atoms with van der Waals surface area (Å²) in [5.74, 6) is -2.20. The normalized spacial score (nSPS) is 19.9. The van der Waals surface area contributed by atoms with Crippen molar-refractivity contribution in [3.8, 4) is 11.3 Å². The van der Waals surface area contributed by atoms with Gasteiger partial charge in [0.15, 0.2) is 5.78 Å². The molecule has 2 aromatic carbocycles. The van der Waals surface area contributed by atoms with E-state index >= 15 is 0 Å². The van der Waals surface area contributed by atoms with Crippen molar-refractivity contribution >= 4 is 11.8 Å². The summed E-state index contributed by atoms with van der Waals surface area (Å²) < 4.78 is 32.1. The minimum Gasteiger partial charge on any atom is -0.466 e. The first-order chi connectivity index (χ1) is 16.9. The Kier molecular flexibility index (Phi) is 5.80. The Hall–Kier alpha value is -4.07. The van der Waals surface area contributed by atoms with Crippen LogP contribution >= 0.6 is 0 Å². The maximum absolute atomic E-state index is 13.6. The largest absolute Gasteiger partial charge is 0.466 e. The summed E-state index contributed by atoms with van der Waals surface area (Å²) in [7, 11) is 1.30. The number of methoxy groups -OCH3 is 1. The number of nitrogens with zero attached hydrogens (tertiary/aromatic N) is 1. The Morgan fingerprint density at radius 1 is 1.03 bits per heavy atom. The van der Waals surface area contributed by atoms with E-state index in [0.717, 1.165) is 11.3 Å². The van der Waals surface area contributed by atoms with Crippen LogP contribution in [0.4, 0.5) is 8.78 Å². The second-order valence-corrected chi connectivity index (χ2v) is 8.77. The number of halogens is 2. The third-order valence-electron chi connectivity index (χ3n) is 6.69. The van der Waals surface area contributed by atoms with E-state index in [1.54, 1.807) is 37.4 Å². The maximum Gasteiger partial charge on any atom is 0.336 e. The lowest BCUT2D eigenvalue weighted by atomic mass is 9.71. The van der Waals surface area contributed by atoms with Gasteiger partial charge in [-0.05, 0) is 61.2 Å². The first-order valence-electron chi connectivity index (χ1n) is 11.2. The SMILES string of the molecule is COC(=O)C1=C(C)NC2=C(C(=O)C[C@H](c3ccc(F)cc3)C2)[C@@H]1c1cn[nH]c1-c1ccc(F)cc1. The van der Waals surface area contributed by atoms with Crippen LogP contribution in [0.15, 0.2) is 77.3 Å². The summed E-state index contributed by atoms with van der Waals surface area (Å²) in [5.41, 5.74) is 4.87. The highest BCUT2D eigenvalue weighted by atomic mass is 19.1. The average Bonchev–Trinajstić information content (AvgIpc) is 3.33. The summed E-state index contributed by atoms with van der Waals surface area (Å²) in [6.07, 6.45) is 2.34. The molecule has 5 rings (SSSR count). The zero-order chi connectivity index (χ0) is 24.7. The van der Waals surface area contributed by atoms with E-state index in [4.69, 9.17) is 4.74 Å². The number of H-pyrrole nitrogens is 1. The molecule has 2 aliphatic rings. The number of aromatic amines is 1. The van der Waals surface area contributed by atoms with Crippen molar-refractivity contribution in [3.05, 3.63) is 100 Å². The first-order valence-corrected chi connectivity index (χ1v) is 11.2. The van der Waals surface area contributed by atoms with Gasteiger partial charge < -0.3 is 10.1 Å². The molecule has 0 radical (unpaired) electrons. The van der Waals surface area contributed by atoms with Crippen LogP contribution in [0.2, 0.25) is 0 Å². The number of Topliss-reactive ketones (excluding diaryl/α,β-unsaturated/α-hetero) is 1. The molecule has 0 unspecified atom stereocenters. The molecule has 2 N–H and O–H groups in total. The van der Waals surface area contributed by atoms with E-state index in [2.05, 4.69) is 15.5 Å². The topological polar surface area (TPSA) is 84.1 Å². The second-order valence-electron chi connectivity index (χ2n) is 8.77. The van der Waals surface area contributed by atoms with Crippen LogP contribution in [-0.4, -0.2) is 29.1 Å². The fourth-order valence-corrected chi connectivity index (χ4v) is 5.06. The Balaban J connectivity index is 1.63. The summed E-state index contributed by atoms with van der Waals surface area (Å²) >= 11 is 0. The molecule has 2 atom stereocenters. The Labute approximate surface area is 200 Å². The molecule has 8 heteroatoms. The molecule has 0 fully saturated rings. The molecule has 0 bridgehead atoms. The molecule has 0 amide bonds. The number of benzene rings is 2. The smallest absolute Gasteiger partial charge is 0.336 e. The van der Waals surface area contributed by atoms with Crippen molar-refractivity contribution in [2.24, 2.45) is 0 Å². The van der Waals surface area contributed by atoms with Gasteiger partial charge >= 0.3 is 5.97 Å². The molecule has 1 aromatic heterocycles. The number of dihydropyridines is 1. The minimum atomic E-state index is -0.709. The average molecular weight is 475 g/mol. The summed E-state index contributed by atoms with van der Waals surface area (Å²) in [6.45, 7) is 1.77. The summed E-state index contributed by atoms with van der Waals surface area (Å²) in [4.78, 5) is 26.5. The van der Waals surface area contributed by atoms with Crippen molar-refractivity contribution < 1.29 is 23.1 Å². The zero-order valence-electron chi connectivity index (χ0n) is 19.2. The van der Waals surface area contributed by atoms with Crippen LogP contribution in [0, 0.1) is 11.6 Å². The van der Waals surface area contributed by atoms with Gasteiger partial charge in [0, 0.05) is 34.5 Å². The van der Waals surface area contributed by atoms with Crippen molar-refractivity contribution in [2.75, 3.05) is 7.11 Å². The summed E-state index contributed by atoms with van der Waals surface area (Å²) in [6, 6.07) is 12.1. The first kappa shape index (κ1) is 22.7. The van der Waals surface area contributed by atoms with Crippen LogP contribution in [0.25, 0.3) is 11.3 Å². The predicted octanol–water partition coefficient (Wildman–Crippen LogP) is 4.89. The molecular weight excluding hydrogens is 452 g/mol. The van der Waals surface area contributed by atoms with Gasteiger partial charge in [-0.2, -0.15) is 5.10 Å².